The average Bonchev–Trinajstić information content (AvgIpc) is 3.46. The largest absolute Gasteiger partial charge is 0.486 e. The number of H-pyrrole nitrogens is 1. The number of fused-ring (bicyclic) bond motifs is 3. The maximum Gasteiger partial charge on any atom is 0.305 e. The Bertz CT molecular complexity index is 1270. The molecule has 0 bridgehead atoms. The summed E-state index contributed by atoms with van der Waals surface area (Å²) in [6.07, 6.45) is 4.41. The molecule has 3 N–H and O–H groups in total. The fourth-order valence-corrected chi connectivity index (χ4v) is 4.04. The van der Waals surface area contributed by atoms with Crippen molar-refractivity contribution in [3.05, 3.63) is 89.0 Å². The Kier molecular flexibility index (Phi) is 5.37. The first-order valence-corrected chi connectivity index (χ1v) is 10.7. The van der Waals surface area contributed by atoms with Crippen LogP contribution in [0.3, 0.4) is 0 Å². The first-order chi connectivity index (χ1) is 15.7. The predicted molar refractivity (Wildman–Crippen MR) is 119 cm³/mol. The van der Waals surface area contributed by atoms with Crippen LogP contribution in [0, 0.1) is 0 Å². The van der Waals surface area contributed by atoms with E-state index in [1.54, 1.807) is 18.2 Å². The van der Waals surface area contributed by atoms with Crippen LogP contribution in [0.1, 0.15) is 50.8 Å². The molecule has 0 fully saturated rings. The highest BCUT2D eigenvalue weighted by Crippen LogP contribution is 2.29. The summed E-state index contributed by atoms with van der Waals surface area (Å²) >= 11 is 0. The lowest BCUT2D eigenvalue weighted by molar-refractivity contribution is 0.0828. The highest BCUT2D eigenvalue weighted by molar-refractivity contribution is 6.01. The number of aromatic nitrogens is 1. The monoisotopic (exact) mass is 429 g/mol. The molecule has 1 aliphatic rings. The van der Waals surface area contributed by atoms with Gasteiger partial charge < -0.3 is 14.1 Å². The number of aromatic amines is 1. The molecule has 5 rings (SSSR count). The van der Waals surface area contributed by atoms with Crippen molar-refractivity contribution in [1.82, 2.24) is 15.8 Å². The third-order valence-electron chi connectivity index (χ3n) is 5.66. The van der Waals surface area contributed by atoms with E-state index in [-0.39, 0.29) is 18.3 Å². The molecule has 4 aromatic rings. The van der Waals surface area contributed by atoms with Crippen LogP contribution < -0.4 is 15.6 Å². The Morgan fingerprint density at radius 3 is 2.62 bits per heavy atom. The van der Waals surface area contributed by atoms with Gasteiger partial charge >= 0.3 is 5.91 Å². The molecular formula is C25H23N3O4. The number of nitrogens with one attached hydrogen (secondary N) is 3. The van der Waals surface area contributed by atoms with E-state index in [2.05, 4.69) is 15.8 Å². The molecule has 2 aromatic carbocycles. The minimum Gasteiger partial charge on any atom is -0.486 e. The van der Waals surface area contributed by atoms with Gasteiger partial charge in [0.2, 0.25) is 0 Å². The van der Waals surface area contributed by atoms with Gasteiger partial charge in [0.1, 0.15) is 18.1 Å². The van der Waals surface area contributed by atoms with Crippen LogP contribution in [0.25, 0.3) is 10.9 Å². The molecule has 32 heavy (non-hydrogen) atoms. The molecule has 0 unspecified atom stereocenters. The van der Waals surface area contributed by atoms with Crippen LogP contribution in [0.4, 0.5) is 0 Å². The number of amides is 2. The van der Waals surface area contributed by atoms with Crippen LogP contribution in [0.15, 0.2) is 65.1 Å². The highest BCUT2D eigenvalue weighted by atomic mass is 16.5. The zero-order chi connectivity index (χ0) is 21.9. The maximum absolute atomic E-state index is 12.6. The summed E-state index contributed by atoms with van der Waals surface area (Å²) in [5, 5.41) is 1.08. The number of carbonyl (C=O) groups is 2. The molecule has 1 aliphatic carbocycles. The van der Waals surface area contributed by atoms with E-state index in [0.717, 1.165) is 30.2 Å². The van der Waals surface area contributed by atoms with Gasteiger partial charge in [0, 0.05) is 22.2 Å². The topological polar surface area (TPSA) is 96.4 Å². The number of ether oxygens (including phenoxy) is 1. The average molecular weight is 429 g/mol. The smallest absolute Gasteiger partial charge is 0.305 e. The van der Waals surface area contributed by atoms with Gasteiger partial charge in [-0.05, 0) is 73.7 Å². The van der Waals surface area contributed by atoms with Gasteiger partial charge in [0.15, 0.2) is 5.76 Å². The summed E-state index contributed by atoms with van der Waals surface area (Å²) in [4.78, 5) is 28.4. The molecule has 0 spiro atoms. The first-order valence-electron chi connectivity index (χ1n) is 10.7. The molecule has 2 amide bonds. The fourth-order valence-electron chi connectivity index (χ4n) is 4.04. The maximum atomic E-state index is 12.6. The second-order valence-electron chi connectivity index (χ2n) is 7.83. The minimum atomic E-state index is -0.538. The molecule has 0 saturated carbocycles. The SMILES string of the molecule is O=C(NNC(=O)c1ccc(COc2ccccc2)o1)c1ccc2[nH]c3c(c2c1)CCCC3. The Morgan fingerprint density at radius 2 is 1.75 bits per heavy atom. The quantitative estimate of drug-likeness (QED) is 0.412. The lowest BCUT2D eigenvalue weighted by Crippen LogP contribution is -2.41. The van der Waals surface area contributed by atoms with E-state index >= 15 is 0 Å². The molecule has 0 atom stereocenters. The Morgan fingerprint density at radius 1 is 0.938 bits per heavy atom. The Balaban J connectivity index is 1.20. The lowest BCUT2D eigenvalue weighted by Gasteiger charge is -2.10. The lowest BCUT2D eigenvalue weighted by atomic mass is 9.95. The Labute approximate surface area is 184 Å². The van der Waals surface area contributed by atoms with E-state index in [1.165, 1.54) is 17.7 Å². The van der Waals surface area contributed by atoms with Crippen LogP contribution in [0.5, 0.6) is 5.75 Å². The van der Waals surface area contributed by atoms with Gasteiger partial charge in [-0.15, -0.1) is 0 Å². The summed E-state index contributed by atoms with van der Waals surface area (Å²) < 4.78 is 11.1. The van der Waals surface area contributed by atoms with Crippen molar-refractivity contribution < 1.29 is 18.7 Å². The van der Waals surface area contributed by atoms with Crippen LogP contribution >= 0.6 is 0 Å². The van der Waals surface area contributed by atoms with Crippen molar-refractivity contribution in [3.63, 3.8) is 0 Å². The molecule has 7 heteroatoms. The van der Waals surface area contributed by atoms with E-state index in [0.29, 0.717) is 17.1 Å². The molecular weight excluding hydrogens is 406 g/mol. The van der Waals surface area contributed by atoms with Crippen molar-refractivity contribution in [2.45, 2.75) is 32.3 Å². The number of hydrazine groups is 1. The number of hydrogen-bond donors (Lipinski definition) is 3. The predicted octanol–water partition coefficient (Wildman–Crippen LogP) is 4.29. The molecule has 2 heterocycles. The van der Waals surface area contributed by atoms with E-state index in [4.69, 9.17) is 9.15 Å². The minimum absolute atomic E-state index is 0.0899. The normalized spacial score (nSPS) is 12.9. The summed E-state index contributed by atoms with van der Waals surface area (Å²) in [6.45, 7) is 0.199. The molecule has 7 nitrogen and oxygen atoms in total. The molecule has 0 aliphatic heterocycles. The number of hydrogen-bond acceptors (Lipinski definition) is 4. The van der Waals surface area contributed by atoms with E-state index in [9.17, 15) is 9.59 Å². The van der Waals surface area contributed by atoms with Gasteiger partial charge in [0.25, 0.3) is 5.91 Å². The number of rotatable bonds is 5. The van der Waals surface area contributed by atoms with Crippen LogP contribution in [-0.4, -0.2) is 16.8 Å². The zero-order valence-corrected chi connectivity index (χ0v) is 17.4. The van der Waals surface area contributed by atoms with Crippen molar-refractivity contribution in [1.29, 1.82) is 0 Å². The summed E-state index contributed by atoms with van der Waals surface area (Å²) in [5.74, 6) is 0.387. The van der Waals surface area contributed by atoms with Gasteiger partial charge in [-0.25, -0.2) is 0 Å². The van der Waals surface area contributed by atoms with Crippen molar-refractivity contribution in [2.75, 3.05) is 0 Å². The van der Waals surface area contributed by atoms with Gasteiger partial charge in [-0.1, -0.05) is 18.2 Å². The molecule has 0 radical (unpaired) electrons. The van der Waals surface area contributed by atoms with Crippen molar-refractivity contribution >= 4 is 22.7 Å². The van der Waals surface area contributed by atoms with Gasteiger partial charge in [0.05, 0.1) is 0 Å². The van der Waals surface area contributed by atoms with E-state index < -0.39 is 5.91 Å². The second kappa shape index (κ2) is 8.63. The van der Waals surface area contributed by atoms with Crippen LogP contribution in [0.2, 0.25) is 0 Å². The third kappa shape index (κ3) is 4.09. The zero-order valence-electron chi connectivity index (χ0n) is 17.4. The number of furan rings is 1. The second-order valence-corrected chi connectivity index (χ2v) is 7.83. The summed E-state index contributed by atoms with van der Waals surface area (Å²) in [6, 6.07) is 18.1. The van der Waals surface area contributed by atoms with Gasteiger partial charge in [-0.3, -0.25) is 20.4 Å². The van der Waals surface area contributed by atoms with E-state index in [1.807, 2.05) is 42.5 Å². The standard InChI is InChI=1S/C25H23N3O4/c29-24(16-10-12-22-20(14-16)19-8-4-5-9-21(19)26-22)27-28-25(30)23-13-11-18(32-23)15-31-17-6-2-1-3-7-17/h1-3,6-7,10-14,26H,4-5,8-9,15H2,(H,27,29)(H,28,30). The summed E-state index contributed by atoms with van der Waals surface area (Å²) in [5.41, 5.74) is 8.96. The number of carbonyl (C=O) groups excluding carboxylic acids is 2. The number of aryl methyl sites for hydroxylation is 2. The van der Waals surface area contributed by atoms with Crippen molar-refractivity contribution in [2.24, 2.45) is 0 Å². The first kappa shape index (κ1) is 19.9. The summed E-state index contributed by atoms with van der Waals surface area (Å²) in [7, 11) is 0. The van der Waals surface area contributed by atoms with Crippen molar-refractivity contribution in [3.8, 4) is 5.75 Å². The van der Waals surface area contributed by atoms with Crippen LogP contribution in [-0.2, 0) is 19.4 Å². The number of para-hydroxylation sites is 1. The number of benzene rings is 2. The Hall–Kier alpha value is -4.00. The third-order valence-corrected chi connectivity index (χ3v) is 5.66. The molecule has 162 valence electrons. The molecule has 2 aromatic heterocycles. The fraction of sp³-hybridized carbons (Fsp3) is 0.200. The van der Waals surface area contributed by atoms with Gasteiger partial charge in [-0.2, -0.15) is 0 Å². The highest BCUT2D eigenvalue weighted by Gasteiger charge is 2.18. The molecule has 0 saturated heterocycles.